The minimum atomic E-state index is -0.545. The molecule has 0 saturated heterocycles. The molecule has 0 unspecified atom stereocenters. The first kappa shape index (κ1) is 39.4. The third-order valence-electron chi connectivity index (χ3n) is 15.1. The molecule has 0 radical (unpaired) electrons. The number of rotatable bonds is 6. The minimum absolute atomic E-state index is 0.157. The fraction of sp³-hybridized carbons (Fsp3) is 0.0909. The van der Waals surface area contributed by atoms with Crippen LogP contribution >= 0.6 is 0 Å². The topological polar surface area (TPSA) is 3.24 Å². The van der Waals surface area contributed by atoms with Gasteiger partial charge >= 0.3 is 0 Å². The highest BCUT2D eigenvalue weighted by molar-refractivity contribution is 6.02. The molecule has 0 heterocycles. The van der Waals surface area contributed by atoms with Crippen LogP contribution in [0.25, 0.3) is 44.5 Å². The van der Waals surface area contributed by atoms with Crippen molar-refractivity contribution in [1.82, 2.24) is 0 Å². The quantitative estimate of drug-likeness (QED) is 0.161. The molecule has 1 spiro atoms. The first-order chi connectivity index (χ1) is 32.9. The highest BCUT2D eigenvalue weighted by Crippen LogP contribution is 2.66. The first-order valence-corrected chi connectivity index (χ1v) is 23.7. The Bertz CT molecular complexity index is 3460. The zero-order valence-electron chi connectivity index (χ0n) is 38.0. The monoisotopic (exact) mass is 855 g/mol. The van der Waals surface area contributed by atoms with E-state index in [1.165, 1.54) is 100 Å². The molecule has 0 saturated carbocycles. The molecule has 0 aliphatic heterocycles. The molecule has 0 N–H and O–H groups in total. The Labute approximate surface area is 394 Å². The summed E-state index contributed by atoms with van der Waals surface area (Å²) in [6.45, 7) is 7.09. The Morgan fingerprint density at radius 1 is 0.313 bits per heavy atom. The van der Waals surface area contributed by atoms with E-state index < -0.39 is 10.8 Å². The van der Waals surface area contributed by atoms with E-state index in [4.69, 9.17) is 0 Å². The van der Waals surface area contributed by atoms with Crippen LogP contribution in [0.5, 0.6) is 0 Å². The third-order valence-corrected chi connectivity index (χ3v) is 15.1. The van der Waals surface area contributed by atoms with Gasteiger partial charge in [0.1, 0.15) is 0 Å². The van der Waals surface area contributed by atoms with Crippen LogP contribution in [0.2, 0.25) is 0 Å². The highest BCUT2D eigenvalue weighted by atomic mass is 15.1. The lowest BCUT2D eigenvalue weighted by Gasteiger charge is -2.36. The zero-order chi connectivity index (χ0) is 44.9. The number of nitrogens with zero attached hydrogens (tertiary/aromatic N) is 1. The predicted octanol–water partition coefficient (Wildman–Crippen LogP) is 16.8. The predicted molar refractivity (Wildman–Crippen MR) is 279 cm³/mol. The van der Waals surface area contributed by atoms with Crippen LogP contribution < -0.4 is 4.90 Å². The lowest BCUT2D eigenvalue weighted by atomic mass is 9.67. The van der Waals surface area contributed by atoms with Gasteiger partial charge in [0.2, 0.25) is 0 Å². The molecule has 3 aliphatic rings. The zero-order valence-corrected chi connectivity index (χ0v) is 38.0. The number of benzene rings is 10. The maximum atomic E-state index is 2.58. The summed E-state index contributed by atoms with van der Waals surface area (Å²) in [6.07, 6.45) is 0. The number of hydrogen-bond donors (Lipinski definition) is 0. The number of anilines is 3. The minimum Gasteiger partial charge on any atom is -0.310 e. The van der Waals surface area contributed by atoms with E-state index in [0.717, 1.165) is 11.4 Å². The standard InChI is InChI=1S/C66H49N/c1-64(2,3)48-41-61-63(55-30-16-20-34-59(55)66(61)57-32-18-14-27-51(57)52-28-15-19-33-58(52)66)62(42-48)67(49-37-35-45(36-38-49)44-21-7-4-8-22-44)50-39-40-54-53-29-13-17-31-56(53)65(60(54)43-50,46-23-9-5-10-24-46)47-25-11-6-12-26-47/h4-43H,1-3H3. The van der Waals surface area contributed by atoms with Crippen molar-refractivity contribution in [2.24, 2.45) is 0 Å². The van der Waals surface area contributed by atoms with E-state index in [-0.39, 0.29) is 5.41 Å². The van der Waals surface area contributed by atoms with Crippen molar-refractivity contribution >= 4 is 17.1 Å². The molecule has 0 amide bonds. The van der Waals surface area contributed by atoms with Crippen LogP contribution in [0.15, 0.2) is 243 Å². The summed E-state index contributed by atoms with van der Waals surface area (Å²) in [7, 11) is 0. The molecule has 0 bridgehead atoms. The fourth-order valence-corrected chi connectivity index (χ4v) is 12.2. The second-order valence-electron chi connectivity index (χ2n) is 19.6. The third kappa shape index (κ3) is 5.55. The fourth-order valence-electron chi connectivity index (χ4n) is 12.2. The molecule has 1 nitrogen and oxygen atoms in total. The first-order valence-electron chi connectivity index (χ1n) is 23.7. The molecule has 0 fully saturated rings. The Hall–Kier alpha value is -8.00. The lowest BCUT2D eigenvalue weighted by molar-refractivity contribution is 0.588. The summed E-state index contributed by atoms with van der Waals surface area (Å²) in [5, 5.41) is 0. The second-order valence-corrected chi connectivity index (χ2v) is 19.6. The van der Waals surface area contributed by atoms with Gasteiger partial charge in [0.25, 0.3) is 0 Å². The lowest BCUT2D eigenvalue weighted by Crippen LogP contribution is -2.29. The average molecular weight is 856 g/mol. The van der Waals surface area contributed by atoms with E-state index in [0.29, 0.717) is 0 Å². The van der Waals surface area contributed by atoms with Crippen molar-refractivity contribution in [1.29, 1.82) is 0 Å². The van der Waals surface area contributed by atoms with Crippen molar-refractivity contribution in [3.8, 4) is 44.5 Å². The largest absolute Gasteiger partial charge is 0.310 e. The summed E-state index contributed by atoms with van der Waals surface area (Å²) in [5.41, 5.74) is 24.1. The van der Waals surface area contributed by atoms with E-state index in [9.17, 15) is 0 Å². The van der Waals surface area contributed by atoms with Gasteiger partial charge < -0.3 is 4.90 Å². The summed E-state index contributed by atoms with van der Waals surface area (Å²) in [4.78, 5) is 2.58. The average Bonchev–Trinajstić information content (AvgIpc) is 3.97. The molecular weight excluding hydrogens is 807 g/mol. The van der Waals surface area contributed by atoms with E-state index in [1.807, 2.05) is 0 Å². The highest BCUT2D eigenvalue weighted by Gasteiger charge is 2.53. The van der Waals surface area contributed by atoms with Crippen LogP contribution in [0.3, 0.4) is 0 Å². The molecule has 0 atom stereocenters. The van der Waals surface area contributed by atoms with Crippen LogP contribution in [0, 0.1) is 0 Å². The van der Waals surface area contributed by atoms with Gasteiger partial charge in [0, 0.05) is 16.9 Å². The molecule has 1 heteroatoms. The van der Waals surface area contributed by atoms with E-state index >= 15 is 0 Å². The number of fused-ring (bicyclic) bond motifs is 13. The summed E-state index contributed by atoms with van der Waals surface area (Å²) >= 11 is 0. The van der Waals surface area contributed by atoms with Crippen molar-refractivity contribution < 1.29 is 0 Å². The van der Waals surface area contributed by atoms with Gasteiger partial charge in [0.15, 0.2) is 0 Å². The van der Waals surface area contributed by atoms with Crippen molar-refractivity contribution in [2.75, 3.05) is 4.90 Å². The molecule has 3 aliphatic carbocycles. The van der Waals surface area contributed by atoms with Gasteiger partial charge in [-0.1, -0.05) is 233 Å². The van der Waals surface area contributed by atoms with Gasteiger partial charge in [-0.05, 0) is 125 Å². The molecule has 13 rings (SSSR count). The molecular formula is C66H49N. The smallest absolute Gasteiger partial charge is 0.0726 e. The molecule has 10 aromatic carbocycles. The summed E-state index contributed by atoms with van der Waals surface area (Å²) in [5.74, 6) is 0. The maximum Gasteiger partial charge on any atom is 0.0726 e. The normalized spacial score (nSPS) is 14.1. The Kier molecular flexibility index (Phi) is 8.67. The Morgan fingerprint density at radius 2 is 0.731 bits per heavy atom. The summed E-state index contributed by atoms with van der Waals surface area (Å²) < 4.78 is 0. The SMILES string of the molecule is CC(C)(C)c1cc(N(c2ccc(-c3ccccc3)cc2)c2ccc3c(c2)C(c2ccccc2)(c2ccccc2)c2ccccc2-3)c2c(c1)C1(c3ccccc3-c3ccccc31)c1ccccc1-2. The maximum absolute atomic E-state index is 2.58. The van der Waals surface area contributed by atoms with Crippen LogP contribution in [0.4, 0.5) is 17.1 Å². The van der Waals surface area contributed by atoms with Crippen molar-refractivity contribution in [3.05, 3.63) is 293 Å². The molecule has 10 aromatic rings. The van der Waals surface area contributed by atoms with Crippen molar-refractivity contribution in [2.45, 2.75) is 37.0 Å². The van der Waals surface area contributed by atoms with Gasteiger partial charge in [-0.15, -0.1) is 0 Å². The van der Waals surface area contributed by atoms with Crippen LogP contribution in [-0.2, 0) is 16.2 Å². The van der Waals surface area contributed by atoms with Gasteiger partial charge in [-0.2, -0.15) is 0 Å². The van der Waals surface area contributed by atoms with Crippen LogP contribution in [-0.4, -0.2) is 0 Å². The van der Waals surface area contributed by atoms with Gasteiger partial charge in [-0.25, -0.2) is 0 Å². The molecule has 0 aromatic heterocycles. The van der Waals surface area contributed by atoms with E-state index in [2.05, 4.69) is 268 Å². The summed E-state index contributed by atoms with van der Waals surface area (Å²) in [6, 6.07) is 91.3. The second kappa shape index (κ2) is 14.8. The van der Waals surface area contributed by atoms with Crippen LogP contribution in [0.1, 0.15) is 70.8 Å². The molecule has 318 valence electrons. The van der Waals surface area contributed by atoms with E-state index in [1.54, 1.807) is 0 Å². The number of hydrogen-bond acceptors (Lipinski definition) is 1. The Morgan fingerprint density at radius 3 is 1.27 bits per heavy atom. The molecule has 67 heavy (non-hydrogen) atoms. The Balaban J connectivity index is 1.14. The van der Waals surface area contributed by atoms with Gasteiger partial charge in [-0.3, -0.25) is 0 Å². The van der Waals surface area contributed by atoms with Gasteiger partial charge in [0.05, 0.1) is 16.5 Å². The van der Waals surface area contributed by atoms with Crippen molar-refractivity contribution in [3.63, 3.8) is 0 Å².